The predicted octanol–water partition coefficient (Wildman–Crippen LogP) is 4.71. The van der Waals surface area contributed by atoms with Gasteiger partial charge in [-0.2, -0.15) is 12.7 Å². The van der Waals surface area contributed by atoms with Gasteiger partial charge in [-0.3, -0.25) is 38.3 Å². The molecule has 2 fully saturated rings. The number of sulfonamides is 1. The summed E-state index contributed by atoms with van der Waals surface area (Å²) in [4.78, 5) is 107. The molecule has 0 aromatic heterocycles. The average molecular weight is 1190 g/mol. The van der Waals surface area contributed by atoms with Gasteiger partial charge in [0.2, 0.25) is 15.9 Å². The second-order valence-corrected chi connectivity index (χ2v) is 27.1. The van der Waals surface area contributed by atoms with Gasteiger partial charge >= 0.3 is 23.9 Å². The zero-order chi connectivity index (χ0) is 61.7. The minimum Gasteiger partial charge on any atom is -0.460 e. The molecule has 4 rings (SSSR count). The van der Waals surface area contributed by atoms with Crippen LogP contribution >= 0.6 is 0 Å². The van der Waals surface area contributed by atoms with Crippen LogP contribution in [0.3, 0.4) is 0 Å². The molecule has 2 saturated heterocycles. The van der Waals surface area contributed by atoms with Crippen LogP contribution in [0.4, 0.5) is 0 Å². The van der Waals surface area contributed by atoms with Crippen LogP contribution in [0.1, 0.15) is 113 Å². The Labute approximate surface area is 486 Å². The summed E-state index contributed by atoms with van der Waals surface area (Å²) in [5, 5.41) is 0. The minimum absolute atomic E-state index is 0.00996. The maximum Gasteiger partial charge on any atom is 0.329 e. The van der Waals surface area contributed by atoms with E-state index in [9.17, 15) is 50.2 Å². The Bertz CT molecular complexity index is 2730. The van der Waals surface area contributed by atoms with Crippen molar-refractivity contribution in [1.82, 2.24) is 28.8 Å². The molecule has 1 N–H and O–H groups in total. The molecule has 0 saturated carbocycles. The Hall–Kier alpha value is -5.53. The molecule has 0 spiro atoms. The molecule has 8 atom stereocenters. The molecule has 2 aliphatic rings. The van der Waals surface area contributed by atoms with Crippen LogP contribution in [-0.2, 0) is 85.5 Å². The van der Waals surface area contributed by atoms with E-state index in [4.69, 9.17) is 18.9 Å². The molecule has 460 valence electrons. The van der Waals surface area contributed by atoms with Crippen molar-refractivity contribution in [3.05, 3.63) is 59.7 Å². The van der Waals surface area contributed by atoms with Crippen molar-refractivity contribution in [2.24, 2.45) is 23.7 Å². The molecule has 82 heavy (non-hydrogen) atoms. The number of amides is 3. The van der Waals surface area contributed by atoms with E-state index >= 15 is 4.79 Å². The highest BCUT2D eigenvalue weighted by Crippen LogP contribution is 2.26. The van der Waals surface area contributed by atoms with Crippen LogP contribution in [-0.4, -0.2) is 208 Å². The average Bonchev–Trinajstić information content (AvgIpc) is 3.60. The van der Waals surface area contributed by atoms with Crippen molar-refractivity contribution in [2.75, 3.05) is 67.5 Å². The van der Waals surface area contributed by atoms with Crippen molar-refractivity contribution in [1.29, 1.82) is 0 Å². The van der Waals surface area contributed by atoms with E-state index < -0.39 is 109 Å². The van der Waals surface area contributed by atoms with E-state index in [1.807, 2.05) is 55.4 Å². The summed E-state index contributed by atoms with van der Waals surface area (Å²) >= 11 is 0. The molecular weight excluding hydrogens is 1100 g/mol. The van der Waals surface area contributed by atoms with Crippen LogP contribution in [0, 0.1) is 23.7 Å². The van der Waals surface area contributed by atoms with Crippen molar-refractivity contribution in [3.63, 3.8) is 0 Å². The molecule has 8 unspecified atom stereocenters. The highest BCUT2D eigenvalue weighted by atomic mass is 32.2. The molecule has 2 aromatic carbocycles. The normalized spacial score (nSPS) is 25.1. The van der Waals surface area contributed by atoms with Gasteiger partial charge in [-0.05, 0) is 113 Å². The quantitative estimate of drug-likeness (QED) is 0.144. The Morgan fingerprint density at radius 2 is 0.829 bits per heavy atom. The third kappa shape index (κ3) is 19.8. The van der Waals surface area contributed by atoms with E-state index in [1.165, 1.54) is 71.5 Å². The molecule has 2 heterocycles. The maximum atomic E-state index is 15.0. The largest absolute Gasteiger partial charge is 0.460 e. The number of carbonyl (C=O) groups excluding carboxylic acids is 7. The lowest BCUT2D eigenvalue weighted by Crippen LogP contribution is -2.53. The summed E-state index contributed by atoms with van der Waals surface area (Å²) in [7, 11) is -2.42. The standard InChI is InChI=1S/C58H90N6O16S2/c1-36(2)28-47-55(68)79-51(32-43-16-20-45(21-17-43)81(72,73)64-26-24-63(25-27-64)42(11)65)53(66)61(14)49(30-38(5)6)57(70)77-41(10)35-60(13)48(29-37(3)4)56(69)80-52(33-44-18-22-46(23-19-44)82(74,75)76)54(67)62(15)50(31-39(7)8)58(71)78-40(9)34-59(47)12/h16-23,36-41,47-52H,24-35H2,1-15H3,(H,74,75,76). The van der Waals surface area contributed by atoms with E-state index in [1.54, 1.807) is 42.6 Å². The fourth-order valence-electron chi connectivity index (χ4n) is 10.2. The van der Waals surface area contributed by atoms with Crippen molar-refractivity contribution < 1.29 is 73.9 Å². The summed E-state index contributed by atoms with van der Waals surface area (Å²) in [6.07, 6.45) is -4.63. The van der Waals surface area contributed by atoms with Crippen LogP contribution in [0.25, 0.3) is 0 Å². The number of hydrogen-bond donors (Lipinski definition) is 1. The SMILES string of the molecule is CC(=O)N1CCN(S(=O)(=O)c2ccc(CC3OC(=O)C(CC(C)C)N(C)CC(C)OC(=O)C(CC(C)C)N(C)C(=O)C(Cc4ccc(S(=O)(=O)O)cc4)OC(=O)C(CC(C)C)N(C)CC(C)OC(=O)C(CC(C)C)N(C)C3=O)cc2)CC1. The van der Waals surface area contributed by atoms with Crippen LogP contribution < -0.4 is 0 Å². The first-order valence-electron chi connectivity index (χ1n) is 28.3. The number of piperazine rings is 1. The smallest absolute Gasteiger partial charge is 0.329 e. The molecule has 0 bridgehead atoms. The molecule has 0 aliphatic carbocycles. The number of cyclic esters (lactones) is 4. The summed E-state index contributed by atoms with van der Waals surface area (Å²) in [6.45, 7) is 20.4. The first-order chi connectivity index (χ1) is 38.1. The number of likely N-dealkylation sites (N-methyl/N-ethyl adjacent to an activating group) is 4. The summed E-state index contributed by atoms with van der Waals surface area (Å²) in [5.41, 5.74) is 0.811. The summed E-state index contributed by atoms with van der Waals surface area (Å²) in [6, 6.07) is 6.54. The van der Waals surface area contributed by atoms with Gasteiger partial charge in [-0.1, -0.05) is 79.7 Å². The van der Waals surface area contributed by atoms with E-state index in [0.717, 1.165) is 12.1 Å². The number of rotatable bonds is 15. The topological polar surface area (TPSA) is 264 Å². The van der Waals surface area contributed by atoms with Crippen molar-refractivity contribution in [3.8, 4) is 0 Å². The molecule has 22 nitrogen and oxygen atoms in total. The van der Waals surface area contributed by atoms with Gasteiger partial charge in [-0.25, -0.2) is 18.0 Å². The zero-order valence-electron chi connectivity index (χ0n) is 50.6. The number of nitrogens with zero attached hydrogens (tertiary/aromatic N) is 6. The molecule has 2 aliphatic heterocycles. The van der Waals surface area contributed by atoms with Gasteiger partial charge in [0.25, 0.3) is 21.9 Å². The Balaban J connectivity index is 1.82. The Morgan fingerprint density at radius 3 is 1.15 bits per heavy atom. The number of esters is 4. The summed E-state index contributed by atoms with van der Waals surface area (Å²) in [5.74, 6) is -5.25. The van der Waals surface area contributed by atoms with Gasteiger partial charge in [0.1, 0.15) is 36.4 Å². The van der Waals surface area contributed by atoms with Gasteiger partial charge < -0.3 is 33.6 Å². The van der Waals surface area contributed by atoms with Crippen LogP contribution in [0.15, 0.2) is 58.3 Å². The number of benzene rings is 2. The maximum absolute atomic E-state index is 15.0. The lowest BCUT2D eigenvalue weighted by Gasteiger charge is -2.35. The minimum atomic E-state index is -4.56. The summed E-state index contributed by atoms with van der Waals surface area (Å²) < 4.78 is 86.9. The van der Waals surface area contributed by atoms with Gasteiger partial charge in [0.15, 0.2) is 12.2 Å². The second-order valence-electron chi connectivity index (χ2n) is 23.8. The second kappa shape index (κ2) is 30.3. The molecule has 0 radical (unpaired) electrons. The number of hydrogen-bond acceptors (Lipinski definition) is 17. The third-order valence-electron chi connectivity index (χ3n) is 14.7. The Morgan fingerprint density at radius 1 is 0.512 bits per heavy atom. The first-order valence-corrected chi connectivity index (χ1v) is 31.2. The molecular formula is C58H90N6O16S2. The van der Waals surface area contributed by atoms with E-state index in [-0.39, 0.29) is 112 Å². The van der Waals surface area contributed by atoms with Gasteiger partial charge in [0, 0.05) is 73.1 Å². The monoisotopic (exact) mass is 1190 g/mol. The number of ether oxygens (including phenoxy) is 4. The lowest BCUT2D eigenvalue weighted by atomic mass is 10.00. The molecule has 3 amide bonds. The Kier molecular flexibility index (Phi) is 25.5. The predicted molar refractivity (Wildman–Crippen MR) is 306 cm³/mol. The van der Waals surface area contributed by atoms with Gasteiger partial charge in [-0.15, -0.1) is 0 Å². The van der Waals surface area contributed by atoms with E-state index in [2.05, 4.69) is 0 Å². The fourth-order valence-corrected chi connectivity index (χ4v) is 12.1. The lowest BCUT2D eigenvalue weighted by molar-refractivity contribution is -0.171. The van der Waals surface area contributed by atoms with Crippen LogP contribution in [0.5, 0.6) is 0 Å². The molecule has 24 heteroatoms. The molecule has 2 aromatic rings. The van der Waals surface area contributed by atoms with E-state index in [0.29, 0.717) is 11.1 Å². The zero-order valence-corrected chi connectivity index (χ0v) is 52.2. The number of carbonyl (C=O) groups is 7. The fraction of sp³-hybridized carbons (Fsp3) is 0.672. The third-order valence-corrected chi connectivity index (χ3v) is 17.4. The highest BCUT2D eigenvalue weighted by Gasteiger charge is 2.41. The van der Waals surface area contributed by atoms with Crippen LogP contribution in [0.2, 0.25) is 0 Å². The van der Waals surface area contributed by atoms with Crippen molar-refractivity contribution in [2.45, 2.75) is 173 Å². The highest BCUT2D eigenvalue weighted by molar-refractivity contribution is 7.89. The van der Waals surface area contributed by atoms with Crippen molar-refractivity contribution >= 4 is 61.7 Å². The first kappa shape index (κ1) is 69.0. The van der Waals surface area contributed by atoms with Gasteiger partial charge in [0.05, 0.1) is 9.79 Å².